The van der Waals surface area contributed by atoms with E-state index in [2.05, 4.69) is 14.9 Å². The number of hydrogen-bond donors (Lipinski definition) is 1. The van der Waals surface area contributed by atoms with Gasteiger partial charge in [-0.1, -0.05) is 0 Å². The lowest BCUT2D eigenvalue weighted by molar-refractivity contribution is -0.141. The Morgan fingerprint density at radius 1 is 1.23 bits per heavy atom. The van der Waals surface area contributed by atoms with E-state index in [1.807, 2.05) is 0 Å². The number of amides is 1. The maximum Gasteiger partial charge on any atom is 0.432 e. The molecule has 22 heavy (non-hydrogen) atoms. The van der Waals surface area contributed by atoms with Crippen LogP contribution in [0.1, 0.15) is 36.7 Å². The molecule has 3 heterocycles. The summed E-state index contributed by atoms with van der Waals surface area (Å²) < 4.78 is 37.8. The van der Waals surface area contributed by atoms with Crippen molar-refractivity contribution in [1.82, 2.24) is 19.8 Å². The molecule has 1 N–H and O–H groups in total. The minimum Gasteiger partial charge on any atom is -0.344 e. The Morgan fingerprint density at radius 3 is 2.41 bits per heavy atom. The van der Waals surface area contributed by atoms with Crippen molar-refractivity contribution < 1.29 is 18.0 Å². The topological polar surface area (TPSA) is 52.2 Å². The van der Waals surface area contributed by atoms with Gasteiger partial charge in [-0.2, -0.15) is 13.2 Å². The largest absolute Gasteiger partial charge is 0.432 e. The highest BCUT2D eigenvalue weighted by Crippen LogP contribution is 2.32. The highest BCUT2D eigenvalue weighted by atomic mass is 19.4. The van der Waals surface area contributed by atoms with Gasteiger partial charge in [0, 0.05) is 19.5 Å². The minimum absolute atomic E-state index is 0.00147. The number of piperidine rings is 1. The first-order chi connectivity index (χ1) is 10.4. The van der Waals surface area contributed by atoms with Crippen molar-refractivity contribution in [3.8, 4) is 0 Å². The monoisotopic (exact) mass is 316 g/mol. The van der Waals surface area contributed by atoms with Gasteiger partial charge in [0.2, 0.25) is 5.91 Å². The van der Waals surface area contributed by atoms with Crippen molar-refractivity contribution in [2.24, 2.45) is 0 Å². The number of carbonyl (C=O) groups is 1. The molecule has 1 aromatic heterocycles. The Kier molecular flexibility index (Phi) is 3.88. The number of halogens is 3. The molecule has 1 unspecified atom stereocenters. The van der Waals surface area contributed by atoms with Gasteiger partial charge in [0.25, 0.3) is 0 Å². The number of nitrogens with zero attached hydrogens (tertiary/aromatic N) is 3. The van der Waals surface area contributed by atoms with E-state index in [0.717, 1.165) is 45.1 Å². The summed E-state index contributed by atoms with van der Waals surface area (Å²) >= 11 is 0. The second-order valence-corrected chi connectivity index (χ2v) is 6.05. The lowest BCUT2D eigenvalue weighted by Gasteiger charge is -2.34. The molecule has 2 aliphatic heterocycles. The zero-order chi connectivity index (χ0) is 15.9. The van der Waals surface area contributed by atoms with Gasteiger partial charge >= 0.3 is 6.18 Å². The van der Waals surface area contributed by atoms with Crippen LogP contribution >= 0.6 is 0 Å². The van der Waals surface area contributed by atoms with Crippen molar-refractivity contribution in [2.45, 2.75) is 37.4 Å². The maximum absolute atomic E-state index is 12.6. The van der Waals surface area contributed by atoms with Crippen LogP contribution in [0.4, 0.5) is 13.2 Å². The van der Waals surface area contributed by atoms with Gasteiger partial charge in [0.1, 0.15) is 11.5 Å². The lowest BCUT2D eigenvalue weighted by Crippen LogP contribution is -2.45. The van der Waals surface area contributed by atoms with Crippen LogP contribution in [-0.4, -0.2) is 58.4 Å². The molecule has 1 atom stereocenters. The SMILES string of the molecule is CN1CCC(N2CCC(c3ncc(C(F)(F)F)[nH]3)CC2)C1=O. The van der Waals surface area contributed by atoms with Gasteiger partial charge in [-0.3, -0.25) is 9.69 Å². The van der Waals surface area contributed by atoms with E-state index >= 15 is 0 Å². The van der Waals surface area contributed by atoms with E-state index in [-0.39, 0.29) is 17.9 Å². The molecule has 8 heteroatoms. The summed E-state index contributed by atoms with van der Waals surface area (Å²) in [6.07, 6.45) is -1.25. The summed E-state index contributed by atoms with van der Waals surface area (Å²) in [7, 11) is 1.80. The highest BCUT2D eigenvalue weighted by Gasteiger charge is 2.37. The third kappa shape index (κ3) is 2.84. The van der Waals surface area contributed by atoms with Gasteiger partial charge < -0.3 is 9.88 Å². The highest BCUT2D eigenvalue weighted by molar-refractivity contribution is 5.83. The van der Waals surface area contributed by atoms with Gasteiger partial charge in [-0.05, 0) is 32.4 Å². The molecule has 0 aliphatic carbocycles. The van der Waals surface area contributed by atoms with E-state index in [1.54, 1.807) is 11.9 Å². The van der Waals surface area contributed by atoms with Gasteiger partial charge in [0.15, 0.2) is 0 Å². The molecule has 0 spiro atoms. The Balaban J connectivity index is 1.60. The number of likely N-dealkylation sites (N-methyl/N-ethyl adjacent to an activating group) is 1. The number of alkyl halides is 3. The third-order valence-corrected chi connectivity index (χ3v) is 4.66. The van der Waals surface area contributed by atoms with Gasteiger partial charge in [0.05, 0.1) is 12.2 Å². The minimum atomic E-state index is -4.38. The van der Waals surface area contributed by atoms with Gasteiger partial charge in [-0.15, -0.1) is 0 Å². The van der Waals surface area contributed by atoms with Crippen LogP contribution in [-0.2, 0) is 11.0 Å². The fourth-order valence-corrected chi connectivity index (χ4v) is 3.32. The van der Waals surface area contributed by atoms with E-state index in [4.69, 9.17) is 0 Å². The fraction of sp³-hybridized carbons (Fsp3) is 0.714. The number of aromatic amines is 1. The predicted octanol–water partition coefficient (Wildman–Crippen LogP) is 1.84. The molecule has 3 rings (SSSR count). The quantitative estimate of drug-likeness (QED) is 0.906. The average Bonchev–Trinajstić information content (AvgIpc) is 3.08. The first-order valence-corrected chi connectivity index (χ1v) is 7.47. The number of likely N-dealkylation sites (tertiary alicyclic amines) is 2. The molecule has 1 aromatic rings. The Morgan fingerprint density at radius 2 is 1.91 bits per heavy atom. The molecule has 122 valence electrons. The maximum atomic E-state index is 12.6. The number of imidazole rings is 1. The van der Waals surface area contributed by atoms with E-state index < -0.39 is 11.9 Å². The zero-order valence-electron chi connectivity index (χ0n) is 12.4. The predicted molar refractivity (Wildman–Crippen MR) is 73.2 cm³/mol. The molecule has 2 saturated heterocycles. The van der Waals surface area contributed by atoms with Crippen molar-refractivity contribution in [3.63, 3.8) is 0 Å². The van der Waals surface area contributed by atoms with Crippen LogP contribution in [0.2, 0.25) is 0 Å². The zero-order valence-corrected chi connectivity index (χ0v) is 12.4. The summed E-state index contributed by atoms with van der Waals surface area (Å²) in [5.74, 6) is 0.555. The van der Waals surface area contributed by atoms with Crippen molar-refractivity contribution in [2.75, 3.05) is 26.7 Å². The van der Waals surface area contributed by atoms with E-state index in [0.29, 0.717) is 5.82 Å². The van der Waals surface area contributed by atoms with Crippen molar-refractivity contribution in [1.29, 1.82) is 0 Å². The summed E-state index contributed by atoms with van der Waals surface area (Å²) in [5, 5.41) is 0. The van der Waals surface area contributed by atoms with Crippen LogP contribution < -0.4 is 0 Å². The first-order valence-electron chi connectivity index (χ1n) is 7.47. The molecule has 0 bridgehead atoms. The Hall–Kier alpha value is -1.57. The molecular weight excluding hydrogens is 297 g/mol. The molecule has 2 aliphatic rings. The van der Waals surface area contributed by atoms with Crippen molar-refractivity contribution >= 4 is 5.91 Å². The second-order valence-electron chi connectivity index (χ2n) is 6.05. The van der Waals surface area contributed by atoms with Crippen LogP contribution in [0.15, 0.2) is 6.20 Å². The number of H-pyrrole nitrogens is 1. The molecule has 0 radical (unpaired) electrons. The molecule has 0 saturated carbocycles. The normalized spacial score (nSPS) is 25.2. The molecular formula is C14H19F3N4O. The number of hydrogen-bond acceptors (Lipinski definition) is 3. The average molecular weight is 316 g/mol. The first kappa shape index (κ1) is 15.3. The van der Waals surface area contributed by atoms with Gasteiger partial charge in [-0.25, -0.2) is 4.98 Å². The summed E-state index contributed by atoms with van der Waals surface area (Å²) in [6, 6.07) is -0.0618. The third-order valence-electron chi connectivity index (χ3n) is 4.66. The van der Waals surface area contributed by atoms with Crippen LogP contribution in [0.5, 0.6) is 0 Å². The summed E-state index contributed by atoms with van der Waals surface area (Å²) in [4.78, 5) is 22.2. The fourth-order valence-electron chi connectivity index (χ4n) is 3.32. The molecule has 2 fully saturated rings. The number of nitrogens with one attached hydrogen (secondary N) is 1. The Bertz CT molecular complexity index is 549. The second kappa shape index (κ2) is 5.57. The standard InChI is InChI=1S/C14H19F3N4O/c1-20-5-4-10(13(20)22)21-6-2-9(3-7-21)12-18-8-11(19-12)14(15,16)17/h8-10H,2-7H2,1H3,(H,18,19). The molecule has 0 aromatic carbocycles. The Labute approximate surface area is 126 Å². The van der Waals surface area contributed by atoms with E-state index in [1.165, 1.54) is 0 Å². The van der Waals surface area contributed by atoms with Crippen LogP contribution in [0.25, 0.3) is 0 Å². The molecule has 5 nitrogen and oxygen atoms in total. The number of aromatic nitrogens is 2. The summed E-state index contributed by atoms with van der Waals surface area (Å²) in [6.45, 7) is 2.21. The number of carbonyl (C=O) groups excluding carboxylic acids is 1. The smallest absolute Gasteiger partial charge is 0.344 e. The van der Waals surface area contributed by atoms with Crippen LogP contribution in [0.3, 0.4) is 0 Å². The lowest BCUT2D eigenvalue weighted by atomic mass is 9.95. The van der Waals surface area contributed by atoms with Crippen LogP contribution in [0, 0.1) is 0 Å². The number of rotatable bonds is 2. The van der Waals surface area contributed by atoms with E-state index in [9.17, 15) is 18.0 Å². The van der Waals surface area contributed by atoms with Crippen molar-refractivity contribution in [3.05, 3.63) is 17.7 Å². The molecule has 1 amide bonds. The summed E-state index contributed by atoms with van der Waals surface area (Å²) in [5.41, 5.74) is -0.794.